The normalized spacial score (nSPS) is 16.6. The van der Waals surface area contributed by atoms with Gasteiger partial charge in [0, 0.05) is 10.9 Å². The summed E-state index contributed by atoms with van der Waals surface area (Å²) in [6.45, 7) is 0.227. The van der Waals surface area contributed by atoms with E-state index < -0.39 is 5.97 Å². The number of amides is 2. The second kappa shape index (κ2) is 11.6. The van der Waals surface area contributed by atoms with Crippen molar-refractivity contribution in [3.63, 3.8) is 0 Å². The van der Waals surface area contributed by atoms with Gasteiger partial charge in [0.25, 0.3) is 5.91 Å². The molecular formula is C28H28N4O5S. The fourth-order valence-corrected chi connectivity index (χ4v) is 5.67. The van der Waals surface area contributed by atoms with Crippen LogP contribution in [0.15, 0.2) is 65.1 Å². The van der Waals surface area contributed by atoms with Crippen molar-refractivity contribution >= 4 is 40.1 Å². The van der Waals surface area contributed by atoms with Gasteiger partial charge in [0.1, 0.15) is 0 Å². The number of aromatic nitrogens is 1. The summed E-state index contributed by atoms with van der Waals surface area (Å²) >= 11 is 1.23. The molecule has 2 heterocycles. The molecule has 2 N–H and O–H groups in total. The number of anilines is 1. The van der Waals surface area contributed by atoms with Gasteiger partial charge in [-0.3, -0.25) is 14.4 Å². The lowest BCUT2D eigenvalue weighted by Crippen LogP contribution is -2.36. The minimum absolute atomic E-state index is 0.0688. The first kappa shape index (κ1) is 25.6. The van der Waals surface area contributed by atoms with Crippen molar-refractivity contribution in [2.75, 3.05) is 11.9 Å². The fraction of sp³-hybridized carbons (Fsp3) is 0.321. The number of nitrogens with zero attached hydrogens (tertiary/aromatic N) is 3. The lowest BCUT2D eigenvalue weighted by molar-refractivity contribution is -0.137. The number of benzene rings is 2. The summed E-state index contributed by atoms with van der Waals surface area (Å²) < 4.78 is 5.53. The number of aliphatic carboxylic acids is 1. The molecule has 2 aromatic carbocycles. The zero-order valence-corrected chi connectivity index (χ0v) is 21.5. The van der Waals surface area contributed by atoms with Gasteiger partial charge in [-0.05, 0) is 42.0 Å². The summed E-state index contributed by atoms with van der Waals surface area (Å²) in [5, 5.41) is 19.8. The molecular weight excluding hydrogens is 504 g/mol. The highest BCUT2D eigenvalue weighted by molar-refractivity contribution is 7.13. The highest BCUT2D eigenvalue weighted by Crippen LogP contribution is 2.38. The van der Waals surface area contributed by atoms with Crippen LogP contribution in [-0.4, -0.2) is 45.4 Å². The molecule has 5 rings (SSSR count). The average Bonchev–Trinajstić information content (AvgIpc) is 3.59. The molecule has 10 heteroatoms. The first-order chi connectivity index (χ1) is 18.5. The lowest BCUT2D eigenvalue weighted by Gasteiger charge is -2.25. The standard InChI is InChI=1S/C28H28N4O5S/c33-23-16-37-27(21-8-2-1-3-9-21)31-32(23)15-18-10-12-20(13-11-18)25(19-6-4-5-7-19)26(36)30-28-29-22(17-38-28)14-24(34)35/h1-3,8-13,17,19,25H,4-7,14-16H2,(H,34,35)(H,29,30,36). The number of thiazole rings is 1. The Bertz CT molecular complexity index is 1330. The predicted octanol–water partition coefficient (Wildman–Crippen LogP) is 4.40. The third kappa shape index (κ3) is 6.08. The topological polar surface area (TPSA) is 121 Å². The second-order valence-corrected chi connectivity index (χ2v) is 10.3. The Morgan fingerprint density at radius 3 is 2.55 bits per heavy atom. The Hall–Kier alpha value is -4.05. The summed E-state index contributed by atoms with van der Waals surface area (Å²) in [6.07, 6.45) is 3.95. The molecule has 2 amide bonds. The van der Waals surface area contributed by atoms with E-state index in [-0.39, 0.29) is 36.7 Å². The van der Waals surface area contributed by atoms with E-state index in [9.17, 15) is 14.4 Å². The lowest BCUT2D eigenvalue weighted by atomic mass is 9.84. The van der Waals surface area contributed by atoms with Crippen molar-refractivity contribution in [2.24, 2.45) is 11.0 Å². The zero-order chi connectivity index (χ0) is 26.5. The van der Waals surface area contributed by atoms with Gasteiger partial charge in [-0.25, -0.2) is 9.99 Å². The highest BCUT2D eigenvalue weighted by atomic mass is 32.1. The second-order valence-electron chi connectivity index (χ2n) is 9.48. The first-order valence-corrected chi connectivity index (χ1v) is 13.5. The van der Waals surface area contributed by atoms with E-state index in [2.05, 4.69) is 15.4 Å². The van der Waals surface area contributed by atoms with Crippen LogP contribution in [-0.2, 0) is 32.1 Å². The molecule has 38 heavy (non-hydrogen) atoms. The third-order valence-electron chi connectivity index (χ3n) is 6.79. The molecule has 1 aliphatic heterocycles. The predicted molar refractivity (Wildman–Crippen MR) is 143 cm³/mol. The molecule has 1 saturated carbocycles. The quantitative estimate of drug-likeness (QED) is 0.421. The summed E-state index contributed by atoms with van der Waals surface area (Å²) in [5.41, 5.74) is 3.03. The fourth-order valence-electron chi connectivity index (χ4n) is 4.96. The van der Waals surface area contributed by atoms with Crippen LogP contribution in [0.5, 0.6) is 0 Å². The number of carboxylic acid groups (broad SMARTS) is 1. The molecule has 1 aliphatic carbocycles. The Kier molecular flexibility index (Phi) is 7.78. The van der Waals surface area contributed by atoms with E-state index in [1.165, 1.54) is 16.3 Å². The SMILES string of the molecule is O=C(O)Cc1csc(NC(=O)C(c2ccc(CN3N=C(c4ccccc4)OCC3=O)cc2)C2CCCC2)n1. The van der Waals surface area contributed by atoms with Crippen molar-refractivity contribution in [1.29, 1.82) is 0 Å². The Morgan fingerprint density at radius 1 is 1.11 bits per heavy atom. The van der Waals surface area contributed by atoms with Crippen molar-refractivity contribution in [1.82, 2.24) is 9.99 Å². The molecule has 196 valence electrons. The van der Waals surface area contributed by atoms with E-state index in [0.717, 1.165) is 42.4 Å². The summed E-state index contributed by atoms with van der Waals surface area (Å²) in [6, 6.07) is 17.2. The van der Waals surface area contributed by atoms with E-state index in [1.807, 2.05) is 54.6 Å². The summed E-state index contributed by atoms with van der Waals surface area (Å²) in [4.78, 5) is 41.1. The minimum atomic E-state index is -0.960. The first-order valence-electron chi connectivity index (χ1n) is 12.6. The number of carbonyl (C=O) groups is 3. The van der Waals surface area contributed by atoms with E-state index in [1.54, 1.807) is 5.38 Å². The molecule has 0 bridgehead atoms. The maximum Gasteiger partial charge on any atom is 0.309 e. The van der Waals surface area contributed by atoms with Crippen LogP contribution in [0.2, 0.25) is 0 Å². The Balaban J connectivity index is 1.31. The van der Waals surface area contributed by atoms with Gasteiger partial charge >= 0.3 is 5.97 Å². The summed E-state index contributed by atoms with van der Waals surface area (Å²) in [7, 11) is 0. The minimum Gasteiger partial charge on any atom is -0.481 e. The third-order valence-corrected chi connectivity index (χ3v) is 7.60. The number of carbonyl (C=O) groups excluding carboxylic acids is 2. The van der Waals surface area contributed by atoms with E-state index >= 15 is 0 Å². The summed E-state index contributed by atoms with van der Waals surface area (Å²) in [5.74, 6) is -1.03. The van der Waals surface area contributed by atoms with Crippen LogP contribution < -0.4 is 5.32 Å². The molecule has 1 atom stereocenters. The van der Waals surface area contributed by atoms with Crippen molar-refractivity contribution in [3.05, 3.63) is 82.4 Å². The molecule has 0 spiro atoms. The van der Waals surface area contributed by atoms with E-state index in [4.69, 9.17) is 9.84 Å². The highest BCUT2D eigenvalue weighted by Gasteiger charge is 2.32. The van der Waals surface area contributed by atoms with Crippen LogP contribution in [0.4, 0.5) is 5.13 Å². The molecule has 2 aliphatic rings. The molecule has 3 aromatic rings. The molecule has 9 nitrogen and oxygen atoms in total. The van der Waals surface area contributed by atoms with Crippen molar-refractivity contribution in [2.45, 2.75) is 44.6 Å². The largest absolute Gasteiger partial charge is 0.481 e. The van der Waals surface area contributed by atoms with Crippen LogP contribution in [0, 0.1) is 5.92 Å². The molecule has 1 aromatic heterocycles. The maximum absolute atomic E-state index is 13.4. The number of nitrogens with one attached hydrogen (secondary N) is 1. The van der Waals surface area contributed by atoms with E-state index in [0.29, 0.717) is 23.3 Å². The average molecular weight is 533 g/mol. The Morgan fingerprint density at radius 2 is 1.84 bits per heavy atom. The van der Waals surface area contributed by atoms with Crippen LogP contribution in [0.25, 0.3) is 0 Å². The molecule has 0 radical (unpaired) electrons. The number of ether oxygens (including phenoxy) is 1. The van der Waals surface area contributed by atoms with Gasteiger partial charge < -0.3 is 15.2 Å². The van der Waals surface area contributed by atoms with Crippen LogP contribution in [0.3, 0.4) is 0 Å². The number of carboxylic acids is 1. The van der Waals surface area contributed by atoms with Crippen molar-refractivity contribution in [3.8, 4) is 0 Å². The number of rotatable bonds is 9. The molecule has 0 saturated heterocycles. The molecule has 1 unspecified atom stereocenters. The number of hydrazone groups is 1. The van der Waals surface area contributed by atoms with Gasteiger partial charge in [-0.1, -0.05) is 55.3 Å². The van der Waals surface area contributed by atoms with Gasteiger partial charge in [0.05, 0.1) is 24.6 Å². The number of hydrogen-bond donors (Lipinski definition) is 2. The Labute approximate surface area is 224 Å². The van der Waals surface area contributed by atoms with Gasteiger partial charge in [0.2, 0.25) is 11.8 Å². The van der Waals surface area contributed by atoms with Gasteiger partial charge in [-0.15, -0.1) is 16.4 Å². The molecule has 1 fully saturated rings. The smallest absolute Gasteiger partial charge is 0.309 e. The van der Waals surface area contributed by atoms with Crippen molar-refractivity contribution < 1.29 is 24.2 Å². The zero-order valence-electron chi connectivity index (χ0n) is 20.7. The monoisotopic (exact) mass is 532 g/mol. The van der Waals surface area contributed by atoms with Gasteiger partial charge in [0.15, 0.2) is 11.7 Å². The van der Waals surface area contributed by atoms with Gasteiger partial charge in [-0.2, -0.15) is 0 Å². The van der Waals surface area contributed by atoms with Crippen LogP contribution in [0.1, 0.15) is 54.0 Å². The van der Waals surface area contributed by atoms with Crippen LogP contribution >= 0.6 is 11.3 Å². The maximum atomic E-state index is 13.4. The number of hydrogen-bond acceptors (Lipinski definition) is 7.